The van der Waals surface area contributed by atoms with Crippen molar-refractivity contribution in [2.45, 2.75) is 25.7 Å². The van der Waals surface area contributed by atoms with Crippen molar-refractivity contribution in [2.24, 2.45) is 5.73 Å². The van der Waals surface area contributed by atoms with Gasteiger partial charge in [0.05, 0.1) is 7.11 Å². The Kier molecular flexibility index (Phi) is 3.86. The Morgan fingerprint density at radius 3 is 2.50 bits per heavy atom. The van der Waals surface area contributed by atoms with Gasteiger partial charge in [0.1, 0.15) is 5.75 Å². The van der Waals surface area contributed by atoms with Crippen LogP contribution in [0.2, 0.25) is 0 Å². The summed E-state index contributed by atoms with van der Waals surface area (Å²) in [4.78, 5) is 0. The molecule has 0 saturated heterocycles. The van der Waals surface area contributed by atoms with Gasteiger partial charge in [0, 0.05) is 12.5 Å². The summed E-state index contributed by atoms with van der Waals surface area (Å²) in [6, 6.07) is 4.41. The second-order valence-corrected chi connectivity index (χ2v) is 3.98. The largest absolute Gasteiger partial charge is 0.496 e. The highest BCUT2D eigenvalue weighted by atomic mass is 19.3. The smallest absolute Gasteiger partial charge is 0.270 e. The van der Waals surface area contributed by atoms with E-state index in [0.29, 0.717) is 12.3 Å². The van der Waals surface area contributed by atoms with E-state index in [0.717, 1.165) is 12.5 Å². The monoisotopic (exact) mass is 229 g/mol. The van der Waals surface area contributed by atoms with E-state index >= 15 is 0 Å². The van der Waals surface area contributed by atoms with Crippen molar-refractivity contribution in [3.05, 3.63) is 29.3 Å². The molecule has 0 amide bonds. The van der Waals surface area contributed by atoms with E-state index in [1.807, 2.05) is 6.92 Å². The maximum atomic E-state index is 13.2. The van der Waals surface area contributed by atoms with E-state index in [1.165, 1.54) is 19.2 Å². The molecule has 2 N–H and O–H groups in total. The van der Waals surface area contributed by atoms with Gasteiger partial charge in [-0.15, -0.1) is 0 Å². The van der Waals surface area contributed by atoms with Crippen molar-refractivity contribution in [3.8, 4) is 5.75 Å². The Labute approximate surface area is 94.4 Å². The minimum absolute atomic E-state index is 0.00255. The van der Waals surface area contributed by atoms with E-state index in [4.69, 9.17) is 10.5 Å². The number of hydrogen-bond acceptors (Lipinski definition) is 2. The fraction of sp³-hybridized carbons (Fsp3) is 0.500. The molecule has 1 aromatic carbocycles. The first-order valence-electron chi connectivity index (χ1n) is 5.16. The predicted molar refractivity (Wildman–Crippen MR) is 60.0 cm³/mol. The molecule has 0 aromatic heterocycles. The number of benzene rings is 1. The van der Waals surface area contributed by atoms with Crippen molar-refractivity contribution in [2.75, 3.05) is 13.7 Å². The van der Waals surface area contributed by atoms with E-state index in [-0.39, 0.29) is 11.5 Å². The SMILES string of the molecule is COc1ccc(C(C)(F)F)cc1C(C)CN. The van der Waals surface area contributed by atoms with Gasteiger partial charge in [0.25, 0.3) is 5.92 Å². The molecule has 4 heteroatoms. The summed E-state index contributed by atoms with van der Waals surface area (Å²) in [5.41, 5.74) is 6.26. The van der Waals surface area contributed by atoms with Gasteiger partial charge in [0.2, 0.25) is 0 Å². The topological polar surface area (TPSA) is 35.2 Å². The Balaban J connectivity index is 3.21. The molecule has 2 nitrogen and oxygen atoms in total. The van der Waals surface area contributed by atoms with Crippen LogP contribution in [-0.4, -0.2) is 13.7 Å². The number of hydrogen-bond donors (Lipinski definition) is 1. The molecular formula is C12H17F2NO. The van der Waals surface area contributed by atoms with Gasteiger partial charge < -0.3 is 10.5 Å². The highest BCUT2D eigenvalue weighted by Crippen LogP contribution is 2.33. The molecule has 0 spiro atoms. The van der Waals surface area contributed by atoms with Crippen molar-refractivity contribution in [1.82, 2.24) is 0 Å². The van der Waals surface area contributed by atoms with Crippen LogP contribution in [0.15, 0.2) is 18.2 Å². The van der Waals surface area contributed by atoms with E-state index < -0.39 is 5.92 Å². The summed E-state index contributed by atoms with van der Waals surface area (Å²) in [5.74, 6) is -2.24. The molecule has 1 unspecified atom stereocenters. The zero-order valence-electron chi connectivity index (χ0n) is 9.76. The molecule has 1 aromatic rings. The first kappa shape index (κ1) is 12.9. The molecule has 16 heavy (non-hydrogen) atoms. The van der Waals surface area contributed by atoms with Gasteiger partial charge >= 0.3 is 0 Å². The number of halogens is 2. The standard InChI is InChI=1S/C12H17F2NO/c1-8(7-15)10-6-9(12(2,13)14)4-5-11(10)16-3/h4-6,8H,7,15H2,1-3H3. The van der Waals surface area contributed by atoms with Crippen LogP contribution in [0.1, 0.15) is 30.9 Å². The van der Waals surface area contributed by atoms with Crippen LogP contribution in [0, 0.1) is 0 Å². The molecule has 0 heterocycles. The first-order chi connectivity index (χ1) is 7.40. The summed E-state index contributed by atoms with van der Waals surface area (Å²) in [7, 11) is 1.52. The predicted octanol–water partition coefficient (Wildman–Crippen LogP) is 2.87. The van der Waals surface area contributed by atoms with E-state index in [9.17, 15) is 8.78 Å². The van der Waals surface area contributed by atoms with Crippen molar-refractivity contribution in [3.63, 3.8) is 0 Å². The van der Waals surface area contributed by atoms with Gasteiger partial charge in [-0.2, -0.15) is 0 Å². The van der Waals surface area contributed by atoms with Crippen LogP contribution in [0.5, 0.6) is 5.75 Å². The highest BCUT2D eigenvalue weighted by Gasteiger charge is 2.25. The van der Waals surface area contributed by atoms with Crippen molar-refractivity contribution >= 4 is 0 Å². The first-order valence-corrected chi connectivity index (χ1v) is 5.16. The molecule has 0 fully saturated rings. The average Bonchev–Trinajstić information content (AvgIpc) is 2.25. The van der Waals surface area contributed by atoms with E-state index in [2.05, 4.69) is 0 Å². The molecule has 0 aliphatic heterocycles. The summed E-state index contributed by atoms with van der Waals surface area (Å²) in [5, 5.41) is 0. The number of nitrogens with two attached hydrogens (primary N) is 1. The van der Waals surface area contributed by atoms with Crippen LogP contribution < -0.4 is 10.5 Å². The number of methoxy groups -OCH3 is 1. The maximum absolute atomic E-state index is 13.2. The number of alkyl halides is 2. The van der Waals surface area contributed by atoms with Crippen LogP contribution in [-0.2, 0) is 5.92 Å². The Hall–Kier alpha value is -1.16. The van der Waals surface area contributed by atoms with Crippen LogP contribution in [0.25, 0.3) is 0 Å². The Morgan fingerprint density at radius 1 is 1.44 bits per heavy atom. The molecule has 0 aliphatic carbocycles. The summed E-state index contributed by atoms with van der Waals surface area (Å²) >= 11 is 0. The lowest BCUT2D eigenvalue weighted by atomic mass is 9.96. The lowest BCUT2D eigenvalue weighted by Gasteiger charge is -2.18. The third-order valence-electron chi connectivity index (χ3n) is 2.62. The van der Waals surface area contributed by atoms with E-state index in [1.54, 1.807) is 6.07 Å². The third-order valence-corrected chi connectivity index (χ3v) is 2.62. The van der Waals surface area contributed by atoms with Crippen LogP contribution >= 0.6 is 0 Å². The average molecular weight is 229 g/mol. The molecule has 1 rings (SSSR count). The maximum Gasteiger partial charge on any atom is 0.270 e. The third kappa shape index (κ3) is 2.70. The molecule has 0 bridgehead atoms. The van der Waals surface area contributed by atoms with Crippen molar-refractivity contribution < 1.29 is 13.5 Å². The Bertz CT molecular complexity index is 361. The van der Waals surface area contributed by atoms with Gasteiger partial charge in [-0.25, -0.2) is 8.78 Å². The van der Waals surface area contributed by atoms with Gasteiger partial charge in [-0.3, -0.25) is 0 Å². The second-order valence-electron chi connectivity index (χ2n) is 3.98. The minimum atomic E-state index is -2.84. The minimum Gasteiger partial charge on any atom is -0.496 e. The zero-order chi connectivity index (χ0) is 12.3. The Morgan fingerprint density at radius 2 is 2.06 bits per heavy atom. The fourth-order valence-corrected chi connectivity index (χ4v) is 1.52. The van der Waals surface area contributed by atoms with Crippen molar-refractivity contribution in [1.29, 1.82) is 0 Å². The molecule has 0 saturated carbocycles. The number of rotatable bonds is 4. The summed E-state index contributed by atoms with van der Waals surface area (Å²) in [6.45, 7) is 3.16. The molecular weight excluding hydrogens is 212 g/mol. The summed E-state index contributed by atoms with van der Waals surface area (Å²) in [6.07, 6.45) is 0. The van der Waals surface area contributed by atoms with Crippen LogP contribution in [0.3, 0.4) is 0 Å². The second kappa shape index (κ2) is 4.78. The lowest BCUT2D eigenvalue weighted by Crippen LogP contribution is -2.13. The number of ether oxygens (including phenoxy) is 1. The normalized spacial score (nSPS) is 13.6. The summed E-state index contributed by atoms with van der Waals surface area (Å²) < 4.78 is 31.5. The zero-order valence-corrected chi connectivity index (χ0v) is 9.76. The fourth-order valence-electron chi connectivity index (χ4n) is 1.52. The highest BCUT2D eigenvalue weighted by molar-refractivity contribution is 5.41. The van der Waals surface area contributed by atoms with Gasteiger partial charge in [-0.1, -0.05) is 6.92 Å². The molecule has 90 valence electrons. The molecule has 1 atom stereocenters. The lowest BCUT2D eigenvalue weighted by molar-refractivity contribution is 0.0173. The molecule has 0 aliphatic rings. The van der Waals surface area contributed by atoms with Crippen LogP contribution in [0.4, 0.5) is 8.78 Å². The van der Waals surface area contributed by atoms with Gasteiger partial charge in [0.15, 0.2) is 0 Å². The quantitative estimate of drug-likeness (QED) is 0.861. The van der Waals surface area contributed by atoms with Gasteiger partial charge in [-0.05, 0) is 36.2 Å². The molecule has 0 radical (unpaired) electrons.